The smallest absolute Gasteiger partial charge is 0.306 e. The van der Waals surface area contributed by atoms with E-state index in [1.807, 2.05) is 6.08 Å². The molecular weight excluding hydrogens is 949 g/mol. The average molecular weight is 1070 g/mol. The Morgan fingerprint density at radius 3 is 0.870 bits per heavy atom. The van der Waals surface area contributed by atoms with Gasteiger partial charge in [0.2, 0.25) is 0 Å². The molecular formula is C71H116O6. The molecule has 0 aromatic rings. The zero-order valence-electron chi connectivity index (χ0n) is 49.9. The summed E-state index contributed by atoms with van der Waals surface area (Å²) in [7, 11) is 0. The number of esters is 3. The van der Waals surface area contributed by atoms with Gasteiger partial charge in [-0.05, 0) is 122 Å². The zero-order valence-corrected chi connectivity index (χ0v) is 49.9. The second-order valence-corrected chi connectivity index (χ2v) is 20.5. The van der Waals surface area contributed by atoms with Gasteiger partial charge in [0.05, 0.1) is 0 Å². The minimum atomic E-state index is -0.818. The maximum atomic E-state index is 12.9. The quantitative estimate of drug-likeness (QED) is 0.0261. The predicted octanol–water partition coefficient (Wildman–Crippen LogP) is 21.8. The van der Waals surface area contributed by atoms with Crippen LogP contribution in [0.25, 0.3) is 0 Å². The molecule has 0 spiro atoms. The Morgan fingerprint density at radius 1 is 0.273 bits per heavy atom. The van der Waals surface area contributed by atoms with E-state index in [4.69, 9.17) is 14.2 Å². The van der Waals surface area contributed by atoms with Crippen molar-refractivity contribution >= 4 is 17.9 Å². The van der Waals surface area contributed by atoms with Crippen LogP contribution < -0.4 is 0 Å². The standard InChI is InChI=1S/C71H116O6/c1-4-7-10-13-16-19-22-25-27-28-29-30-31-32-33-34-35-36-37-38-39-40-41-42-44-46-49-52-55-58-61-64-70(73)76-67-68(66-75-69(72)63-60-57-54-51-48-45-24-21-18-15-12-9-6-3)77-71(74)65-62-59-56-53-50-47-43-26-23-20-17-14-11-8-5-2/h7,9-10,12,16-21,25-27,29-30,32-33,43,45,48,54,57,68H,4-6,8,11,13-15,22-24,28,31,34-42,44,46-47,49-53,55-56,58-67H2,1-3H3/b10-7-,12-9-,19-16-,20-17-,21-18-,27-25-,30-29-,33-32-,43-26-,48-45-,57-54-. The largest absolute Gasteiger partial charge is 0.462 e. The van der Waals surface area contributed by atoms with Crippen LogP contribution in [0.2, 0.25) is 0 Å². The average Bonchev–Trinajstić information content (AvgIpc) is 3.43. The second-order valence-electron chi connectivity index (χ2n) is 20.5. The fraction of sp³-hybridized carbons (Fsp3) is 0.648. The molecule has 1 atom stereocenters. The van der Waals surface area contributed by atoms with E-state index in [-0.39, 0.29) is 37.5 Å². The first kappa shape index (κ1) is 72.5. The predicted molar refractivity (Wildman–Crippen MR) is 334 cm³/mol. The zero-order chi connectivity index (χ0) is 55.7. The van der Waals surface area contributed by atoms with Crippen molar-refractivity contribution in [3.8, 4) is 0 Å². The highest BCUT2D eigenvalue weighted by Crippen LogP contribution is 2.16. The van der Waals surface area contributed by atoms with E-state index in [0.717, 1.165) is 122 Å². The molecule has 0 radical (unpaired) electrons. The highest BCUT2D eigenvalue weighted by Gasteiger charge is 2.19. The topological polar surface area (TPSA) is 78.9 Å². The van der Waals surface area contributed by atoms with Crippen molar-refractivity contribution in [2.24, 2.45) is 0 Å². The molecule has 0 fully saturated rings. The molecule has 0 aliphatic rings. The van der Waals surface area contributed by atoms with E-state index in [0.29, 0.717) is 19.3 Å². The molecule has 0 amide bonds. The maximum Gasteiger partial charge on any atom is 0.306 e. The fourth-order valence-corrected chi connectivity index (χ4v) is 8.45. The van der Waals surface area contributed by atoms with Crippen molar-refractivity contribution in [3.05, 3.63) is 134 Å². The van der Waals surface area contributed by atoms with Crippen molar-refractivity contribution in [1.82, 2.24) is 0 Å². The minimum absolute atomic E-state index is 0.108. The van der Waals surface area contributed by atoms with E-state index >= 15 is 0 Å². The van der Waals surface area contributed by atoms with Crippen LogP contribution in [0.1, 0.15) is 278 Å². The lowest BCUT2D eigenvalue weighted by Crippen LogP contribution is -2.30. The molecule has 1 unspecified atom stereocenters. The van der Waals surface area contributed by atoms with Gasteiger partial charge in [-0.2, -0.15) is 0 Å². The SMILES string of the molecule is CC/C=C\C/C=C\C/C=C\C/C=C\C/C=C\CCCCCCCCCCCCCCCCCC(=O)OCC(COC(=O)CC/C=C\C/C=C\C/C=C\C/C=C\CC)OC(=O)CCCCCCC/C=C\C/C=C\CCCCC. The van der Waals surface area contributed by atoms with Gasteiger partial charge in [0.15, 0.2) is 6.10 Å². The van der Waals surface area contributed by atoms with Gasteiger partial charge in [-0.3, -0.25) is 14.4 Å². The molecule has 0 saturated heterocycles. The van der Waals surface area contributed by atoms with E-state index in [2.05, 4.69) is 148 Å². The molecule has 0 rings (SSSR count). The van der Waals surface area contributed by atoms with Gasteiger partial charge in [0, 0.05) is 19.3 Å². The lowest BCUT2D eigenvalue weighted by atomic mass is 10.0. The molecule has 436 valence electrons. The highest BCUT2D eigenvalue weighted by atomic mass is 16.6. The molecule has 77 heavy (non-hydrogen) atoms. The third-order valence-corrected chi connectivity index (χ3v) is 13.1. The fourth-order valence-electron chi connectivity index (χ4n) is 8.45. The lowest BCUT2D eigenvalue weighted by Gasteiger charge is -2.18. The molecule has 0 N–H and O–H groups in total. The van der Waals surface area contributed by atoms with Crippen LogP contribution in [0.4, 0.5) is 0 Å². The van der Waals surface area contributed by atoms with Crippen molar-refractivity contribution in [2.45, 2.75) is 284 Å². The number of carbonyl (C=O) groups excluding carboxylic acids is 3. The first-order valence-corrected chi connectivity index (χ1v) is 31.7. The number of carbonyl (C=O) groups is 3. The van der Waals surface area contributed by atoms with Gasteiger partial charge >= 0.3 is 17.9 Å². The van der Waals surface area contributed by atoms with Crippen molar-refractivity contribution < 1.29 is 28.6 Å². The molecule has 6 heteroatoms. The summed E-state index contributed by atoms with van der Waals surface area (Å²) in [4.78, 5) is 38.2. The summed E-state index contributed by atoms with van der Waals surface area (Å²) < 4.78 is 16.8. The Labute approximate surface area is 475 Å². The Hall–Kier alpha value is -4.45. The summed E-state index contributed by atoms with van der Waals surface area (Å²) >= 11 is 0. The number of hydrogen-bond acceptors (Lipinski definition) is 6. The first-order valence-electron chi connectivity index (χ1n) is 31.7. The van der Waals surface area contributed by atoms with E-state index in [9.17, 15) is 14.4 Å². The molecule has 0 aliphatic carbocycles. The van der Waals surface area contributed by atoms with Crippen LogP contribution in [-0.4, -0.2) is 37.2 Å². The van der Waals surface area contributed by atoms with Gasteiger partial charge in [-0.25, -0.2) is 0 Å². The summed E-state index contributed by atoms with van der Waals surface area (Å²) in [6.45, 7) is 6.31. The number of hydrogen-bond donors (Lipinski definition) is 0. The van der Waals surface area contributed by atoms with Gasteiger partial charge < -0.3 is 14.2 Å². The van der Waals surface area contributed by atoms with Crippen LogP contribution >= 0.6 is 0 Å². The van der Waals surface area contributed by atoms with Gasteiger partial charge in [0.1, 0.15) is 13.2 Å². The summed E-state index contributed by atoms with van der Waals surface area (Å²) in [6, 6.07) is 0. The third kappa shape index (κ3) is 62.3. The van der Waals surface area contributed by atoms with Crippen molar-refractivity contribution in [2.75, 3.05) is 13.2 Å². The first-order chi connectivity index (χ1) is 38.0. The Morgan fingerprint density at radius 2 is 0.532 bits per heavy atom. The van der Waals surface area contributed by atoms with Gasteiger partial charge in [0.25, 0.3) is 0 Å². The third-order valence-electron chi connectivity index (χ3n) is 13.1. The van der Waals surface area contributed by atoms with E-state index < -0.39 is 6.10 Å². The van der Waals surface area contributed by atoms with Gasteiger partial charge in [-0.15, -0.1) is 0 Å². The lowest BCUT2D eigenvalue weighted by molar-refractivity contribution is -0.166. The van der Waals surface area contributed by atoms with Crippen LogP contribution in [-0.2, 0) is 28.6 Å². The Kier molecular flexibility index (Phi) is 60.4. The second kappa shape index (κ2) is 64.1. The maximum absolute atomic E-state index is 12.9. The monoisotopic (exact) mass is 1060 g/mol. The molecule has 0 aromatic heterocycles. The normalized spacial score (nSPS) is 13.0. The van der Waals surface area contributed by atoms with E-state index in [1.165, 1.54) is 109 Å². The minimum Gasteiger partial charge on any atom is -0.462 e. The highest BCUT2D eigenvalue weighted by molar-refractivity contribution is 5.71. The molecule has 0 aromatic carbocycles. The molecule has 0 aliphatic heterocycles. The van der Waals surface area contributed by atoms with Crippen molar-refractivity contribution in [1.29, 1.82) is 0 Å². The molecule has 0 bridgehead atoms. The molecule has 0 heterocycles. The summed E-state index contributed by atoms with van der Waals surface area (Å²) in [5, 5.41) is 0. The summed E-state index contributed by atoms with van der Waals surface area (Å²) in [5.41, 5.74) is 0. The Balaban J connectivity index is 4.26. The number of ether oxygens (including phenoxy) is 3. The summed E-state index contributed by atoms with van der Waals surface area (Å²) in [6.07, 6.45) is 90.5. The van der Waals surface area contributed by atoms with Crippen LogP contribution in [0.5, 0.6) is 0 Å². The molecule has 0 saturated carbocycles. The van der Waals surface area contributed by atoms with E-state index in [1.54, 1.807) is 0 Å². The van der Waals surface area contributed by atoms with Crippen molar-refractivity contribution in [3.63, 3.8) is 0 Å². The molecule has 6 nitrogen and oxygen atoms in total. The Bertz CT molecular complexity index is 1650. The van der Waals surface area contributed by atoms with Crippen LogP contribution in [0.15, 0.2) is 134 Å². The number of allylic oxidation sites excluding steroid dienone is 22. The van der Waals surface area contributed by atoms with Crippen LogP contribution in [0, 0.1) is 0 Å². The summed E-state index contributed by atoms with van der Waals surface area (Å²) in [5.74, 6) is -1.01. The number of rotatable bonds is 56. The van der Waals surface area contributed by atoms with Gasteiger partial charge in [-0.1, -0.05) is 270 Å². The number of unbranched alkanes of at least 4 members (excludes halogenated alkanes) is 23. The van der Waals surface area contributed by atoms with Crippen LogP contribution in [0.3, 0.4) is 0 Å².